The molecule has 0 aromatic carbocycles. The van der Waals surface area contributed by atoms with Gasteiger partial charge in [-0.25, -0.2) is 4.79 Å². The van der Waals surface area contributed by atoms with Gasteiger partial charge in [-0.3, -0.25) is 0 Å². The minimum Gasteiger partial charge on any atom is -0.464 e. The zero-order valence-electron chi connectivity index (χ0n) is 7.39. The number of hydrogen-bond acceptors (Lipinski definition) is 4. The second-order valence-electron chi connectivity index (χ2n) is 2.60. The molecule has 13 heavy (non-hydrogen) atoms. The van der Waals surface area contributed by atoms with Crippen molar-refractivity contribution in [2.24, 2.45) is 7.05 Å². The normalized spacial score (nSPS) is 9.85. The highest BCUT2D eigenvalue weighted by Crippen LogP contribution is 1.99. The van der Waals surface area contributed by atoms with Crippen molar-refractivity contribution in [3.05, 3.63) is 18.0 Å². The van der Waals surface area contributed by atoms with Crippen LogP contribution in [0.25, 0.3) is 0 Å². The summed E-state index contributed by atoms with van der Waals surface area (Å²) < 4.78 is 5.96. The van der Waals surface area contributed by atoms with Crippen LogP contribution >= 0.6 is 0 Å². The van der Waals surface area contributed by atoms with Gasteiger partial charge < -0.3 is 19.4 Å². The van der Waals surface area contributed by atoms with Crippen LogP contribution in [0, 0.1) is 0 Å². The maximum atomic E-state index is 11.2. The van der Waals surface area contributed by atoms with E-state index in [0.29, 0.717) is 0 Å². The molecule has 0 saturated heterocycles. The highest BCUT2D eigenvalue weighted by Gasteiger charge is 2.23. The molecule has 5 nitrogen and oxygen atoms in total. The Kier molecular flexibility index (Phi) is 2.74. The average Bonchev–Trinajstić information content (AvgIpc) is 2.46. The number of aryl methyl sites for hydroxylation is 1. The van der Waals surface area contributed by atoms with Crippen LogP contribution < -0.4 is 5.46 Å². The monoisotopic (exact) mass is 183 g/mol. The summed E-state index contributed by atoms with van der Waals surface area (Å²) >= 11 is 0. The molecular formula is C7H10BNO4. The molecule has 0 spiro atoms. The van der Waals surface area contributed by atoms with Gasteiger partial charge in [-0.2, -0.15) is 0 Å². The molecule has 70 valence electrons. The first-order valence-electron chi connectivity index (χ1n) is 3.67. The Morgan fingerprint density at radius 3 is 2.69 bits per heavy atom. The van der Waals surface area contributed by atoms with Crippen molar-refractivity contribution in [3.8, 4) is 0 Å². The minimum atomic E-state index is -1.66. The number of hydrogen-bond donors (Lipinski definition) is 2. The minimum absolute atomic E-state index is 0.148. The first-order valence-corrected chi connectivity index (χ1v) is 3.67. The van der Waals surface area contributed by atoms with Crippen LogP contribution in [0.5, 0.6) is 0 Å². The Labute approximate surface area is 75.7 Å². The molecule has 0 amide bonds. The predicted molar refractivity (Wildman–Crippen MR) is 46.6 cm³/mol. The standard InChI is InChI=1S/C7H10BNO4/c1-9-4-3-5(8(11)12)6(9)7(10)13-2/h3-4,11-12H,1-2H3. The van der Waals surface area contributed by atoms with Gasteiger partial charge in [-0.15, -0.1) is 0 Å². The fourth-order valence-electron chi connectivity index (χ4n) is 1.12. The second kappa shape index (κ2) is 3.63. The van der Waals surface area contributed by atoms with Gasteiger partial charge in [-0.1, -0.05) is 0 Å². The highest BCUT2D eigenvalue weighted by molar-refractivity contribution is 6.60. The highest BCUT2D eigenvalue weighted by atomic mass is 16.5. The van der Waals surface area contributed by atoms with Crippen molar-refractivity contribution >= 4 is 18.6 Å². The zero-order chi connectivity index (χ0) is 10.0. The maximum absolute atomic E-state index is 11.2. The van der Waals surface area contributed by atoms with E-state index in [9.17, 15) is 4.79 Å². The fourth-order valence-corrected chi connectivity index (χ4v) is 1.12. The van der Waals surface area contributed by atoms with E-state index in [-0.39, 0.29) is 11.2 Å². The van der Waals surface area contributed by atoms with E-state index in [2.05, 4.69) is 4.74 Å². The molecule has 0 unspecified atom stereocenters. The maximum Gasteiger partial charge on any atom is 0.490 e. The quantitative estimate of drug-likeness (QED) is 0.432. The van der Waals surface area contributed by atoms with Gasteiger partial charge >= 0.3 is 13.1 Å². The molecule has 0 atom stereocenters. The van der Waals surface area contributed by atoms with E-state index in [1.165, 1.54) is 17.7 Å². The summed E-state index contributed by atoms with van der Waals surface area (Å²) in [5, 5.41) is 17.8. The molecule has 0 aliphatic carbocycles. The smallest absolute Gasteiger partial charge is 0.464 e. The lowest BCUT2D eigenvalue weighted by Gasteiger charge is -2.04. The van der Waals surface area contributed by atoms with Gasteiger partial charge in [0, 0.05) is 18.7 Å². The van der Waals surface area contributed by atoms with E-state index in [1.54, 1.807) is 13.2 Å². The third-order valence-electron chi connectivity index (χ3n) is 1.76. The molecule has 0 fully saturated rings. The molecule has 0 aliphatic rings. The average molecular weight is 183 g/mol. The topological polar surface area (TPSA) is 71.7 Å². The third kappa shape index (κ3) is 1.73. The fraction of sp³-hybridized carbons (Fsp3) is 0.286. The Morgan fingerprint density at radius 2 is 2.23 bits per heavy atom. The van der Waals surface area contributed by atoms with Gasteiger partial charge in [0.2, 0.25) is 0 Å². The van der Waals surface area contributed by atoms with Crippen LogP contribution in [0.4, 0.5) is 0 Å². The van der Waals surface area contributed by atoms with E-state index in [0.717, 1.165) is 0 Å². The van der Waals surface area contributed by atoms with Crippen LogP contribution in [-0.2, 0) is 11.8 Å². The number of carbonyl (C=O) groups excluding carboxylic acids is 1. The van der Waals surface area contributed by atoms with Crippen molar-refractivity contribution in [1.82, 2.24) is 4.57 Å². The molecule has 1 aromatic heterocycles. The number of esters is 1. The van der Waals surface area contributed by atoms with E-state index >= 15 is 0 Å². The first-order chi connectivity index (χ1) is 6.07. The molecule has 0 radical (unpaired) electrons. The molecule has 0 bridgehead atoms. The molecule has 1 aromatic rings. The molecule has 6 heteroatoms. The van der Waals surface area contributed by atoms with E-state index in [4.69, 9.17) is 10.0 Å². The van der Waals surface area contributed by atoms with E-state index in [1.807, 2.05) is 0 Å². The molecule has 1 heterocycles. The lowest BCUT2D eigenvalue weighted by molar-refractivity contribution is 0.0591. The summed E-state index contributed by atoms with van der Waals surface area (Å²) in [6.07, 6.45) is 1.56. The van der Waals surface area contributed by atoms with Crippen LogP contribution in [0.2, 0.25) is 0 Å². The molecule has 1 rings (SSSR count). The molecule has 0 saturated carbocycles. The van der Waals surface area contributed by atoms with Crippen LogP contribution in [0.1, 0.15) is 10.5 Å². The molecule has 0 aliphatic heterocycles. The Balaban J connectivity index is 3.16. The Morgan fingerprint density at radius 1 is 1.62 bits per heavy atom. The van der Waals surface area contributed by atoms with Crippen molar-refractivity contribution in [3.63, 3.8) is 0 Å². The lowest BCUT2D eigenvalue weighted by atomic mass is 9.80. The summed E-state index contributed by atoms with van der Waals surface area (Å²) in [6.45, 7) is 0. The summed E-state index contributed by atoms with van der Waals surface area (Å²) in [6, 6.07) is 1.46. The SMILES string of the molecule is COC(=O)c1c(B(O)O)ccn1C. The van der Waals surface area contributed by atoms with Crippen molar-refractivity contribution < 1.29 is 19.6 Å². The van der Waals surface area contributed by atoms with Crippen LogP contribution in [0.15, 0.2) is 12.3 Å². The first kappa shape index (κ1) is 9.82. The second-order valence-corrected chi connectivity index (χ2v) is 2.60. The zero-order valence-corrected chi connectivity index (χ0v) is 7.39. The van der Waals surface area contributed by atoms with Gasteiger partial charge in [0.1, 0.15) is 5.69 Å². The third-order valence-corrected chi connectivity index (χ3v) is 1.76. The van der Waals surface area contributed by atoms with E-state index < -0.39 is 13.1 Å². The predicted octanol–water partition coefficient (Wildman–Crippen LogP) is -1.51. The van der Waals surface area contributed by atoms with Crippen molar-refractivity contribution in [1.29, 1.82) is 0 Å². The molecular weight excluding hydrogens is 173 g/mol. The summed E-state index contributed by atoms with van der Waals surface area (Å²) in [4.78, 5) is 11.2. The lowest BCUT2D eigenvalue weighted by Crippen LogP contribution is -2.34. The van der Waals surface area contributed by atoms with Gasteiger partial charge in [0.25, 0.3) is 0 Å². The summed E-state index contributed by atoms with van der Waals surface area (Å²) in [7, 11) is 1.20. The van der Waals surface area contributed by atoms with Crippen LogP contribution in [-0.4, -0.2) is 34.8 Å². The summed E-state index contributed by atoms with van der Waals surface area (Å²) in [5.41, 5.74) is 0.298. The van der Waals surface area contributed by atoms with Gasteiger partial charge in [0.15, 0.2) is 0 Å². The van der Waals surface area contributed by atoms with Crippen LogP contribution in [0.3, 0.4) is 0 Å². The van der Waals surface area contributed by atoms with Gasteiger partial charge in [-0.05, 0) is 6.07 Å². The van der Waals surface area contributed by atoms with Crippen molar-refractivity contribution in [2.75, 3.05) is 7.11 Å². The van der Waals surface area contributed by atoms with Gasteiger partial charge in [0.05, 0.1) is 7.11 Å². The Bertz CT molecular complexity index is 320. The largest absolute Gasteiger partial charge is 0.490 e. The number of carbonyl (C=O) groups is 1. The number of rotatable bonds is 2. The number of nitrogens with zero attached hydrogens (tertiary/aromatic N) is 1. The summed E-state index contributed by atoms with van der Waals surface area (Å²) in [5.74, 6) is -0.587. The Hall–Kier alpha value is -1.27. The van der Waals surface area contributed by atoms with Crippen molar-refractivity contribution in [2.45, 2.75) is 0 Å². The number of aromatic nitrogens is 1. The number of ether oxygens (including phenoxy) is 1. The molecule has 2 N–H and O–H groups in total. The number of methoxy groups -OCH3 is 1.